The molecule has 0 aromatic carbocycles. The van der Waals surface area contributed by atoms with Gasteiger partial charge in [-0.05, 0) is 56.9 Å². The van der Waals surface area contributed by atoms with Gasteiger partial charge in [0.15, 0.2) is 0 Å². The molecule has 24 heavy (non-hydrogen) atoms. The van der Waals surface area contributed by atoms with Gasteiger partial charge in [0.2, 0.25) is 0 Å². The van der Waals surface area contributed by atoms with Crippen molar-refractivity contribution < 1.29 is 0 Å². The fourth-order valence-corrected chi connectivity index (χ4v) is 3.90. The number of hydrogen-bond donors (Lipinski definition) is 0. The van der Waals surface area contributed by atoms with E-state index in [0.29, 0.717) is 5.56 Å². The van der Waals surface area contributed by atoms with Crippen molar-refractivity contribution >= 4 is 22.6 Å². The molecule has 3 heterocycles. The Hall–Kier alpha value is -2.39. The standard InChI is InChI=1S/C18H20N4OS/c1-13-10-14(2)22(18(23)16(13)11-19)20-12-15-6-7-17(24-15)21-8-4-3-5-9-21/h6-7,10,12H,3-5,8-9H2,1-2H3/b20-12+. The lowest BCUT2D eigenvalue weighted by molar-refractivity contribution is 0.580. The molecular weight excluding hydrogens is 320 g/mol. The highest BCUT2D eigenvalue weighted by molar-refractivity contribution is 7.17. The van der Waals surface area contributed by atoms with Gasteiger partial charge in [0.1, 0.15) is 11.6 Å². The van der Waals surface area contributed by atoms with E-state index in [2.05, 4.69) is 16.1 Å². The minimum absolute atomic E-state index is 0.151. The van der Waals surface area contributed by atoms with E-state index in [9.17, 15) is 4.79 Å². The van der Waals surface area contributed by atoms with Crippen molar-refractivity contribution in [1.82, 2.24) is 4.68 Å². The Morgan fingerprint density at radius 2 is 2.00 bits per heavy atom. The molecule has 1 saturated heterocycles. The van der Waals surface area contributed by atoms with Crippen LogP contribution in [0.5, 0.6) is 0 Å². The SMILES string of the molecule is Cc1cc(C)n(/N=C/c2ccc(N3CCCCC3)s2)c(=O)c1C#N. The summed E-state index contributed by atoms with van der Waals surface area (Å²) < 4.78 is 1.30. The van der Waals surface area contributed by atoms with Gasteiger partial charge in [0.25, 0.3) is 5.56 Å². The number of thiophene rings is 1. The molecular formula is C18H20N4OS. The molecule has 3 rings (SSSR count). The average molecular weight is 340 g/mol. The van der Waals surface area contributed by atoms with Gasteiger partial charge in [0.05, 0.1) is 11.2 Å². The zero-order chi connectivity index (χ0) is 17.1. The Kier molecular flexibility index (Phi) is 4.81. The van der Waals surface area contributed by atoms with Crippen LogP contribution in [0.2, 0.25) is 0 Å². The molecule has 1 aliphatic heterocycles. The van der Waals surface area contributed by atoms with Crippen LogP contribution in [-0.2, 0) is 0 Å². The number of aryl methyl sites for hydroxylation is 2. The number of piperidine rings is 1. The molecule has 0 saturated carbocycles. The van der Waals surface area contributed by atoms with Crippen LogP contribution in [0.3, 0.4) is 0 Å². The van der Waals surface area contributed by atoms with E-state index in [1.54, 1.807) is 24.5 Å². The molecule has 0 radical (unpaired) electrons. The predicted molar refractivity (Wildman–Crippen MR) is 98.3 cm³/mol. The maximum Gasteiger partial charge on any atom is 0.289 e. The van der Waals surface area contributed by atoms with Crippen molar-refractivity contribution in [2.75, 3.05) is 18.0 Å². The summed E-state index contributed by atoms with van der Waals surface area (Å²) in [6.45, 7) is 5.81. The zero-order valence-corrected chi connectivity index (χ0v) is 14.8. The number of pyridine rings is 1. The van der Waals surface area contributed by atoms with Gasteiger partial charge in [-0.1, -0.05) is 0 Å². The second-order valence-corrected chi connectivity index (χ2v) is 7.13. The quantitative estimate of drug-likeness (QED) is 0.806. The molecule has 0 atom stereocenters. The number of anilines is 1. The van der Waals surface area contributed by atoms with Crippen LogP contribution >= 0.6 is 11.3 Å². The smallest absolute Gasteiger partial charge is 0.289 e. The molecule has 2 aromatic heterocycles. The van der Waals surface area contributed by atoms with Crippen molar-refractivity contribution in [3.63, 3.8) is 0 Å². The minimum Gasteiger partial charge on any atom is -0.363 e. The fraction of sp³-hybridized carbons (Fsp3) is 0.389. The summed E-state index contributed by atoms with van der Waals surface area (Å²) in [5.41, 5.74) is 1.20. The fourth-order valence-electron chi connectivity index (χ4n) is 2.97. The molecule has 2 aromatic rings. The molecule has 6 heteroatoms. The van der Waals surface area contributed by atoms with Crippen LogP contribution < -0.4 is 10.5 Å². The van der Waals surface area contributed by atoms with E-state index >= 15 is 0 Å². The maximum atomic E-state index is 12.3. The first-order valence-corrected chi connectivity index (χ1v) is 8.94. The van der Waals surface area contributed by atoms with Crippen molar-refractivity contribution in [3.8, 4) is 6.07 Å². The summed E-state index contributed by atoms with van der Waals surface area (Å²) >= 11 is 1.68. The lowest BCUT2D eigenvalue weighted by atomic mass is 10.1. The van der Waals surface area contributed by atoms with E-state index in [1.807, 2.05) is 25.1 Å². The number of nitrogens with zero attached hydrogens (tertiary/aromatic N) is 4. The predicted octanol–water partition coefficient (Wildman–Crippen LogP) is 3.27. The third kappa shape index (κ3) is 3.26. The van der Waals surface area contributed by atoms with Gasteiger partial charge in [-0.3, -0.25) is 4.79 Å². The highest BCUT2D eigenvalue weighted by atomic mass is 32.1. The summed E-state index contributed by atoms with van der Waals surface area (Å²) in [6.07, 6.45) is 5.50. The molecule has 0 bridgehead atoms. The van der Waals surface area contributed by atoms with Crippen molar-refractivity contribution in [2.45, 2.75) is 33.1 Å². The normalized spacial score (nSPS) is 15.0. The van der Waals surface area contributed by atoms with Crippen LogP contribution in [0, 0.1) is 25.2 Å². The first-order chi connectivity index (χ1) is 11.6. The summed E-state index contributed by atoms with van der Waals surface area (Å²) in [5.74, 6) is 0. The first kappa shape index (κ1) is 16.5. The van der Waals surface area contributed by atoms with Crippen molar-refractivity contribution in [2.24, 2.45) is 5.10 Å². The van der Waals surface area contributed by atoms with Gasteiger partial charge in [-0.25, -0.2) is 4.68 Å². The molecule has 1 fully saturated rings. The van der Waals surface area contributed by atoms with Gasteiger partial charge in [0, 0.05) is 23.7 Å². The number of rotatable bonds is 3. The van der Waals surface area contributed by atoms with Crippen LogP contribution in [0.25, 0.3) is 0 Å². The molecule has 5 nitrogen and oxygen atoms in total. The van der Waals surface area contributed by atoms with Crippen LogP contribution in [-0.4, -0.2) is 24.0 Å². The van der Waals surface area contributed by atoms with Gasteiger partial charge >= 0.3 is 0 Å². The summed E-state index contributed by atoms with van der Waals surface area (Å²) in [5, 5.41) is 14.7. The van der Waals surface area contributed by atoms with Gasteiger partial charge in [-0.2, -0.15) is 10.4 Å². The van der Waals surface area contributed by atoms with Crippen LogP contribution in [0.15, 0.2) is 28.1 Å². The molecule has 124 valence electrons. The minimum atomic E-state index is -0.362. The first-order valence-electron chi connectivity index (χ1n) is 8.12. The summed E-state index contributed by atoms with van der Waals surface area (Å²) in [6, 6.07) is 7.92. The second-order valence-electron chi connectivity index (χ2n) is 6.04. The Morgan fingerprint density at radius 1 is 1.25 bits per heavy atom. The van der Waals surface area contributed by atoms with Crippen molar-refractivity contribution in [1.29, 1.82) is 5.26 Å². The maximum absolute atomic E-state index is 12.3. The van der Waals surface area contributed by atoms with Gasteiger partial charge < -0.3 is 4.90 Å². The van der Waals surface area contributed by atoms with E-state index in [0.717, 1.165) is 23.7 Å². The van der Waals surface area contributed by atoms with Crippen LogP contribution in [0.4, 0.5) is 5.00 Å². The Bertz CT molecular complexity index is 866. The van der Waals surface area contributed by atoms with E-state index < -0.39 is 0 Å². The third-order valence-electron chi connectivity index (χ3n) is 4.25. The van der Waals surface area contributed by atoms with Crippen LogP contribution in [0.1, 0.15) is 41.0 Å². The Balaban J connectivity index is 1.86. The van der Waals surface area contributed by atoms with E-state index in [1.165, 1.54) is 28.9 Å². The monoisotopic (exact) mass is 340 g/mol. The lowest BCUT2D eigenvalue weighted by Gasteiger charge is -2.27. The summed E-state index contributed by atoms with van der Waals surface area (Å²) in [7, 11) is 0. The van der Waals surface area contributed by atoms with Gasteiger partial charge in [-0.15, -0.1) is 11.3 Å². The Morgan fingerprint density at radius 3 is 2.71 bits per heavy atom. The van der Waals surface area contributed by atoms with E-state index in [4.69, 9.17) is 5.26 Å². The highest BCUT2D eigenvalue weighted by Gasteiger charge is 2.13. The molecule has 0 N–H and O–H groups in total. The summed E-state index contributed by atoms with van der Waals surface area (Å²) in [4.78, 5) is 15.7. The zero-order valence-electron chi connectivity index (χ0n) is 14.0. The second kappa shape index (κ2) is 7.02. The van der Waals surface area contributed by atoms with E-state index in [-0.39, 0.29) is 11.1 Å². The molecule has 1 aliphatic rings. The number of hydrogen-bond acceptors (Lipinski definition) is 5. The molecule has 0 amide bonds. The number of aromatic nitrogens is 1. The molecule has 0 spiro atoms. The van der Waals surface area contributed by atoms with Crippen molar-refractivity contribution in [3.05, 3.63) is 50.3 Å². The topological polar surface area (TPSA) is 61.4 Å². The highest BCUT2D eigenvalue weighted by Crippen LogP contribution is 2.27. The average Bonchev–Trinajstić information content (AvgIpc) is 3.04. The molecule has 0 unspecified atom stereocenters. The number of nitriles is 1. The Labute approximate surface area is 145 Å². The third-order valence-corrected chi connectivity index (χ3v) is 5.33. The lowest BCUT2D eigenvalue weighted by Crippen LogP contribution is -2.28. The molecule has 0 aliphatic carbocycles. The largest absolute Gasteiger partial charge is 0.363 e.